The van der Waals surface area contributed by atoms with Gasteiger partial charge in [0.15, 0.2) is 6.29 Å². The van der Waals surface area contributed by atoms with Crippen molar-refractivity contribution in [1.82, 2.24) is 0 Å². The predicted octanol–water partition coefficient (Wildman–Crippen LogP) is 2.86. The number of hydrogen-bond donors (Lipinski definition) is 1. The summed E-state index contributed by atoms with van der Waals surface area (Å²) in [6.07, 6.45) is 9.00. The van der Waals surface area contributed by atoms with Crippen LogP contribution in [0.4, 0.5) is 0 Å². The van der Waals surface area contributed by atoms with Crippen molar-refractivity contribution in [3.8, 4) is 0 Å². The number of aliphatic hydroxyl groups is 1. The van der Waals surface area contributed by atoms with Crippen LogP contribution in [0.5, 0.6) is 0 Å². The van der Waals surface area contributed by atoms with Gasteiger partial charge in [0.2, 0.25) is 0 Å². The first-order chi connectivity index (χ1) is 7.83. The van der Waals surface area contributed by atoms with Gasteiger partial charge in [-0.2, -0.15) is 0 Å². The normalized spacial score (nSPS) is 25.9. The second-order valence-corrected chi connectivity index (χ2v) is 4.63. The summed E-state index contributed by atoms with van der Waals surface area (Å²) in [5.74, 6) is 0. The van der Waals surface area contributed by atoms with Crippen LogP contribution in [0.2, 0.25) is 0 Å². The molecule has 0 radical (unpaired) electrons. The Bertz CT molecular complexity index is 153. The van der Waals surface area contributed by atoms with Crippen molar-refractivity contribution in [3.63, 3.8) is 0 Å². The highest BCUT2D eigenvalue weighted by Crippen LogP contribution is 2.15. The van der Waals surface area contributed by atoms with Crippen molar-refractivity contribution in [3.05, 3.63) is 0 Å². The monoisotopic (exact) mass is 230 g/mol. The highest BCUT2D eigenvalue weighted by molar-refractivity contribution is 4.62. The molecule has 1 aliphatic rings. The molecule has 0 aromatic carbocycles. The molecule has 1 saturated heterocycles. The summed E-state index contributed by atoms with van der Waals surface area (Å²) in [6.45, 7) is 3.46. The molecular weight excluding hydrogens is 204 g/mol. The van der Waals surface area contributed by atoms with Gasteiger partial charge in [0.1, 0.15) is 0 Å². The molecule has 16 heavy (non-hydrogen) atoms. The van der Waals surface area contributed by atoms with E-state index in [1.54, 1.807) is 0 Å². The van der Waals surface area contributed by atoms with Gasteiger partial charge in [0.25, 0.3) is 0 Å². The molecule has 0 aliphatic carbocycles. The number of ether oxygens (including phenoxy) is 2. The maximum absolute atomic E-state index is 9.24. The SMILES string of the molecule is CCCCCCCCO[C@@H]1CC[C@H](O)CO1. The Morgan fingerprint density at radius 3 is 2.56 bits per heavy atom. The smallest absolute Gasteiger partial charge is 0.157 e. The van der Waals surface area contributed by atoms with Crippen LogP contribution >= 0.6 is 0 Å². The van der Waals surface area contributed by atoms with Crippen molar-refractivity contribution in [2.24, 2.45) is 0 Å². The van der Waals surface area contributed by atoms with Crippen molar-refractivity contribution < 1.29 is 14.6 Å². The van der Waals surface area contributed by atoms with Crippen molar-refractivity contribution in [1.29, 1.82) is 0 Å². The van der Waals surface area contributed by atoms with Crippen molar-refractivity contribution >= 4 is 0 Å². The molecule has 0 aromatic rings. The molecule has 3 nitrogen and oxygen atoms in total. The summed E-state index contributed by atoms with van der Waals surface area (Å²) in [7, 11) is 0. The number of aliphatic hydroxyl groups excluding tert-OH is 1. The standard InChI is InChI=1S/C13H26O3/c1-2-3-4-5-6-7-10-15-13-9-8-12(14)11-16-13/h12-14H,2-11H2,1H3/t12-,13-/m0/s1. The Morgan fingerprint density at radius 2 is 1.88 bits per heavy atom. The van der Waals surface area contributed by atoms with E-state index < -0.39 is 0 Å². The average Bonchev–Trinajstić information content (AvgIpc) is 2.30. The predicted molar refractivity (Wildman–Crippen MR) is 64.3 cm³/mol. The first-order valence-corrected chi connectivity index (χ1v) is 6.74. The van der Waals surface area contributed by atoms with Crippen LogP contribution in [-0.4, -0.2) is 30.7 Å². The number of unbranched alkanes of at least 4 members (excludes halogenated alkanes) is 5. The van der Waals surface area contributed by atoms with Crippen LogP contribution in [0.1, 0.15) is 58.3 Å². The van der Waals surface area contributed by atoms with Gasteiger partial charge < -0.3 is 14.6 Å². The molecule has 0 bridgehead atoms. The fourth-order valence-electron chi connectivity index (χ4n) is 1.94. The lowest BCUT2D eigenvalue weighted by molar-refractivity contribution is -0.186. The molecular formula is C13H26O3. The van der Waals surface area contributed by atoms with Gasteiger partial charge in [-0.3, -0.25) is 0 Å². The topological polar surface area (TPSA) is 38.7 Å². The van der Waals surface area contributed by atoms with Crippen LogP contribution in [0.25, 0.3) is 0 Å². The molecule has 1 rings (SSSR count). The maximum Gasteiger partial charge on any atom is 0.157 e. The average molecular weight is 230 g/mol. The fraction of sp³-hybridized carbons (Fsp3) is 1.00. The summed E-state index contributed by atoms with van der Waals surface area (Å²) in [5.41, 5.74) is 0. The minimum absolute atomic E-state index is 0.0703. The van der Waals surface area contributed by atoms with Crippen LogP contribution in [0.15, 0.2) is 0 Å². The highest BCUT2D eigenvalue weighted by atomic mass is 16.7. The van der Waals surface area contributed by atoms with Crippen LogP contribution in [0, 0.1) is 0 Å². The third-order valence-electron chi connectivity index (χ3n) is 3.01. The quantitative estimate of drug-likeness (QED) is 0.652. The van der Waals surface area contributed by atoms with Crippen LogP contribution in [0.3, 0.4) is 0 Å². The number of hydrogen-bond acceptors (Lipinski definition) is 3. The van der Waals surface area contributed by atoms with Gasteiger partial charge in [0.05, 0.1) is 12.7 Å². The van der Waals surface area contributed by atoms with E-state index in [1.165, 1.54) is 32.1 Å². The molecule has 0 amide bonds. The summed E-state index contributed by atoms with van der Waals surface area (Å²) < 4.78 is 11.0. The second kappa shape index (κ2) is 8.97. The lowest BCUT2D eigenvalue weighted by Gasteiger charge is -2.26. The number of rotatable bonds is 8. The summed E-state index contributed by atoms with van der Waals surface area (Å²) in [5, 5.41) is 9.24. The van der Waals surface area contributed by atoms with Gasteiger partial charge in [-0.25, -0.2) is 0 Å². The molecule has 0 aromatic heterocycles. The minimum atomic E-state index is -0.283. The van der Waals surface area contributed by atoms with Crippen LogP contribution < -0.4 is 0 Å². The van der Waals surface area contributed by atoms with Crippen molar-refractivity contribution in [2.75, 3.05) is 13.2 Å². The molecule has 1 fully saturated rings. The third-order valence-corrected chi connectivity index (χ3v) is 3.01. The van der Waals surface area contributed by atoms with Crippen molar-refractivity contribution in [2.45, 2.75) is 70.7 Å². The third kappa shape index (κ3) is 6.46. The van der Waals surface area contributed by atoms with E-state index in [-0.39, 0.29) is 12.4 Å². The summed E-state index contributed by atoms with van der Waals surface area (Å²) >= 11 is 0. The summed E-state index contributed by atoms with van der Waals surface area (Å²) in [6, 6.07) is 0. The molecule has 96 valence electrons. The van der Waals surface area contributed by atoms with Gasteiger partial charge in [-0.05, 0) is 12.8 Å². The second-order valence-electron chi connectivity index (χ2n) is 4.63. The van der Waals surface area contributed by atoms with Gasteiger partial charge in [0, 0.05) is 13.0 Å². The Morgan fingerprint density at radius 1 is 1.12 bits per heavy atom. The highest BCUT2D eigenvalue weighted by Gasteiger charge is 2.19. The summed E-state index contributed by atoms with van der Waals surface area (Å²) in [4.78, 5) is 0. The van der Waals surface area contributed by atoms with E-state index in [0.717, 1.165) is 25.9 Å². The lowest BCUT2D eigenvalue weighted by Crippen LogP contribution is -2.31. The van der Waals surface area contributed by atoms with E-state index in [2.05, 4.69) is 6.92 Å². The van der Waals surface area contributed by atoms with Gasteiger partial charge in [-0.1, -0.05) is 39.0 Å². The van der Waals surface area contributed by atoms with E-state index in [4.69, 9.17) is 9.47 Å². The molecule has 0 saturated carbocycles. The Kier molecular flexibility index (Phi) is 7.81. The molecule has 2 atom stereocenters. The first kappa shape index (κ1) is 13.9. The zero-order chi connectivity index (χ0) is 11.6. The lowest BCUT2D eigenvalue weighted by atomic mass is 10.1. The molecule has 0 spiro atoms. The van der Waals surface area contributed by atoms with E-state index in [1.807, 2.05) is 0 Å². The Balaban J connectivity index is 1.84. The maximum atomic E-state index is 9.24. The molecule has 1 heterocycles. The molecule has 1 aliphatic heterocycles. The molecule has 1 N–H and O–H groups in total. The Labute approximate surface area is 99.1 Å². The molecule has 0 unspecified atom stereocenters. The van der Waals surface area contributed by atoms with E-state index >= 15 is 0 Å². The zero-order valence-corrected chi connectivity index (χ0v) is 10.5. The first-order valence-electron chi connectivity index (χ1n) is 6.74. The molecule has 3 heteroatoms. The fourth-order valence-corrected chi connectivity index (χ4v) is 1.94. The Hall–Kier alpha value is -0.120. The van der Waals surface area contributed by atoms with Gasteiger partial charge >= 0.3 is 0 Å². The van der Waals surface area contributed by atoms with E-state index in [9.17, 15) is 5.11 Å². The van der Waals surface area contributed by atoms with E-state index in [0.29, 0.717) is 6.61 Å². The largest absolute Gasteiger partial charge is 0.391 e. The zero-order valence-electron chi connectivity index (χ0n) is 10.5. The van der Waals surface area contributed by atoms with Crippen LogP contribution in [-0.2, 0) is 9.47 Å². The minimum Gasteiger partial charge on any atom is -0.391 e. The van der Waals surface area contributed by atoms with Gasteiger partial charge in [-0.15, -0.1) is 0 Å².